The van der Waals surface area contributed by atoms with E-state index in [1.807, 2.05) is 13.0 Å². The number of hydrogen-bond donors (Lipinski definition) is 1. The molecular formula is C12H18FNOS. The van der Waals surface area contributed by atoms with Crippen LogP contribution in [0.1, 0.15) is 24.9 Å². The van der Waals surface area contributed by atoms with Crippen molar-refractivity contribution >= 4 is 10.8 Å². The molecule has 2 atom stereocenters. The molecule has 0 bridgehead atoms. The van der Waals surface area contributed by atoms with Crippen LogP contribution in [0.25, 0.3) is 0 Å². The standard InChI is InChI=1S/C12H18FNOS/c1-3-12(14-7-8-16(2)15)10-5-4-6-11(13)9-10/h4-6,9,12,14H,3,7-8H2,1-2H3. The third kappa shape index (κ3) is 4.41. The summed E-state index contributed by atoms with van der Waals surface area (Å²) in [4.78, 5) is 0. The fourth-order valence-corrected chi connectivity index (χ4v) is 2.00. The number of halogens is 1. The Morgan fingerprint density at radius 1 is 1.50 bits per heavy atom. The fraction of sp³-hybridized carbons (Fsp3) is 0.500. The van der Waals surface area contributed by atoms with E-state index in [2.05, 4.69) is 5.32 Å². The lowest BCUT2D eigenvalue weighted by Gasteiger charge is -2.17. The molecule has 16 heavy (non-hydrogen) atoms. The Hall–Kier alpha value is -0.740. The van der Waals surface area contributed by atoms with Crippen LogP contribution in [0.2, 0.25) is 0 Å². The van der Waals surface area contributed by atoms with E-state index >= 15 is 0 Å². The first kappa shape index (κ1) is 13.3. The molecule has 1 N–H and O–H groups in total. The van der Waals surface area contributed by atoms with E-state index in [1.165, 1.54) is 6.07 Å². The first-order valence-corrected chi connectivity index (χ1v) is 7.15. The Labute approximate surface area is 98.7 Å². The molecule has 1 aromatic rings. The maximum Gasteiger partial charge on any atom is 0.123 e. The summed E-state index contributed by atoms with van der Waals surface area (Å²) < 4.78 is 24.0. The zero-order chi connectivity index (χ0) is 12.0. The Balaban J connectivity index is 2.57. The third-order valence-corrected chi connectivity index (χ3v) is 3.22. The molecule has 1 aromatic carbocycles. The van der Waals surface area contributed by atoms with Crippen molar-refractivity contribution in [1.29, 1.82) is 0 Å². The van der Waals surface area contributed by atoms with Gasteiger partial charge in [0.1, 0.15) is 5.82 Å². The van der Waals surface area contributed by atoms with Gasteiger partial charge in [-0.1, -0.05) is 19.1 Å². The zero-order valence-electron chi connectivity index (χ0n) is 9.70. The van der Waals surface area contributed by atoms with Gasteiger partial charge in [-0.2, -0.15) is 0 Å². The maximum atomic E-state index is 13.0. The van der Waals surface area contributed by atoms with Crippen molar-refractivity contribution in [2.45, 2.75) is 19.4 Å². The van der Waals surface area contributed by atoms with E-state index in [0.29, 0.717) is 12.3 Å². The second kappa shape index (κ2) is 6.76. The molecule has 0 saturated carbocycles. The summed E-state index contributed by atoms with van der Waals surface area (Å²) in [5.74, 6) is 0.419. The van der Waals surface area contributed by atoms with Crippen LogP contribution in [-0.4, -0.2) is 22.8 Å². The molecule has 0 aliphatic heterocycles. The van der Waals surface area contributed by atoms with E-state index < -0.39 is 10.8 Å². The summed E-state index contributed by atoms with van der Waals surface area (Å²) in [6.45, 7) is 2.74. The average molecular weight is 243 g/mol. The van der Waals surface area contributed by atoms with Crippen LogP contribution < -0.4 is 5.32 Å². The monoisotopic (exact) mass is 243 g/mol. The molecule has 90 valence electrons. The molecule has 0 aliphatic carbocycles. The molecular weight excluding hydrogens is 225 g/mol. The maximum absolute atomic E-state index is 13.0. The lowest BCUT2D eigenvalue weighted by atomic mass is 10.0. The SMILES string of the molecule is CCC(NCCS(C)=O)c1cccc(F)c1. The van der Waals surface area contributed by atoms with Crippen LogP contribution in [0.5, 0.6) is 0 Å². The van der Waals surface area contributed by atoms with Gasteiger partial charge < -0.3 is 5.32 Å². The van der Waals surface area contributed by atoms with Crippen LogP contribution in [0.15, 0.2) is 24.3 Å². The molecule has 1 rings (SSSR count). The molecule has 2 nitrogen and oxygen atoms in total. The Kier molecular flexibility index (Phi) is 5.63. The number of nitrogens with one attached hydrogen (secondary N) is 1. The van der Waals surface area contributed by atoms with Crippen molar-refractivity contribution in [3.63, 3.8) is 0 Å². The highest BCUT2D eigenvalue weighted by Gasteiger charge is 2.08. The molecule has 0 fully saturated rings. The van der Waals surface area contributed by atoms with Crippen molar-refractivity contribution in [2.24, 2.45) is 0 Å². The highest BCUT2D eigenvalue weighted by molar-refractivity contribution is 7.84. The van der Waals surface area contributed by atoms with Gasteiger partial charge in [-0.05, 0) is 24.1 Å². The highest BCUT2D eigenvalue weighted by Crippen LogP contribution is 2.16. The number of rotatable bonds is 6. The predicted octanol–water partition coefficient (Wildman–Crippen LogP) is 2.24. The minimum atomic E-state index is -0.781. The average Bonchev–Trinajstić information content (AvgIpc) is 2.24. The number of benzene rings is 1. The molecule has 0 radical (unpaired) electrons. The van der Waals surface area contributed by atoms with Crippen LogP contribution >= 0.6 is 0 Å². The van der Waals surface area contributed by atoms with Gasteiger partial charge in [0, 0.05) is 35.4 Å². The predicted molar refractivity (Wildman–Crippen MR) is 66.4 cm³/mol. The normalized spacial score (nSPS) is 14.7. The van der Waals surface area contributed by atoms with Crippen LogP contribution in [0, 0.1) is 5.82 Å². The Morgan fingerprint density at radius 3 is 2.81 bits per heavy atom. The van der Waals surface area contributed by atoms with E-state index in [0.717, 1.165) is 12.0 Å². The van der Waals surface area contributed by atoms with Gasteiger partial charge in [-0.15, -0.1) is 0 Å². The Morgan fingerprint density at radius 2 is 2.25 bits per heavy atom. The molecule has 0 amide bonds. The minimum absolute atomic E-state index is 0.138. The minimum Gasteiger partial charge on any atom is -0.309 e. The molecule has 0 spiro atoms. The van der Waals surface area contributed by atoms with E-state index in [-0.39, 0.29) is 11.9 Å². The highest BCUT2D eigenvalue weighted by atomic mass is 32.2. The van der Waals surface area contributed by atoms with E-state index in [4.69, 9.17) is 0 Å². The Bertz CT molecular complexity index is 357. The summed E-state index contributed by atoms with van der Waals surface area (Å²) >= 11 is 0. The lowest BCUT2D eigenvalue weighted by Crippen LogP contribution is -2.25. The summed E-state index contributed by atoms with van der Waals surface area (Å²) in [7, 11) is -0.781. The topological polar surface area (TPSA) is 29.1 Å². The molecule has 0 aromatic heterocycles. The van der Waals surface area contributed by atoms with Crippen molar-refractivity contribution < 1.29 is 8.60 Å². The van der Waals surface area contributed by atoms with E-state index in [1.54, 1.807) is 18.4 Å². The largest absolute Gasteiger partial charge is 0.309 e. The summed E-state index contributed by atoms with van der Waals surface area (Å²) in [5, 5.41) is 3.28. The zero-order valence-corrected chi connectivity index (χ0v) is 10.5. The fourth-order valence-electron chi connectivity index (χ4n) is 1.60. The van der Waals surface area contributed by atoms with Crippen molar-refractivity contribution in [3.8, 4) is 0 Å². The van der Waals surface area contributed by atoms with Crippen molar-refractivity contribution in [1.82, 2.24) is 5.32 Å². The molecule has 0 saturated heterocycles. The van der Waals surface area contributed by atoms with Gasteiger partial charge in [0.2, 0.25) is 0 Å². The first-order valence-electron chi connectivity index (χ1n) is 5.42. The van der Waals surface area contributed by atoms with Crippen LogP contribution in [0.4, 0.5) is 4.39 Å². The summed E-state index contributed by atoms with van der Waals surface area (Å²) in [6.07, 6.45) is 2.57. The van der Waals surface area contributed by atoms with E-state index in [9.17, 15) is 8.60 Å². The van der Waals surface area contributed by atoms with Crippen molar-refractivity contribution in [3.05, 3.63) is 35.6 Å². The number of hydrogen-bond acceptors (Lipinski definition) is 2. The van der Waals surface area contributed by atoms with Crippen LogP contribution in [0.3, 0.4) is 0 Å². The molecule has 4 heteroatoms. The quantitative estimate of drug-likeness (QED) is 0.830. The molecule has 0 aliphatic rings. The summed E-state index contributed by atoms with van der Waals surface area (Å²) in [5.41, 5.74) is 0.949. The van der Waals surface area contributed by atoms with Gasteiger partial charge in [-0.3, -0.25) is 4.21 Å². The van der Waals surface area contributed by atoms with Crippen molar-refractivity contribution in [2.75, 3.05) is 18.6 Å². The van der Waals surface area contributed by atoms with Gasteiger partial charge in [0.15, 0.2) is 0 Å². The molecule has 2 unspecified atom stereocenters. The lowest BCUT2D eigenvalue weighted by molar-refractivity contribution is 0.532. The molecule has 0 heterocycles. The van der Waals surface area contributed by atoms with Gasteiger partial charge >= 0.3 is 0 Å². The van der Waals surface area contributed by atoms with Crippen LogP contribution in [-0.2, 0) is 10.8 Å². The first-order chi connectivity index (χ1) is 7.63. The smallest absolute Gasteiger partial charge is 0.123 e. The second-order valence-corrected chi connectivity index (χ2v) is 5.30. The van der Waals surface area contributed by atoms with Gasteiger partial charge in [0.05, 0.1) is 0 Å². The van der Waals surface area contributed by atoms with Gasteiger partial charge in [0.25, 0.3) is 0 Å². The van der Waals surface area contributed by atoms with Gasteiger partial charge in [-0.25, -0.2) is 4.39 Å². The second-order valence-electron chi connectivity index (χ2n) is 3.75. The summed E-state index contributed by atoms with van der Waals surface area (Å²) in [6, 6.07) is 6.75. The third-order valence-electron chi connectivity index (χ3n) is 2.44.